The van der Waals surface area contributed by atoms with Crippen molar-refractivity contribution < 1.29 is 19.1 Å². The van der Waals surface area contributed by atoms with Gasteiger partial charge in [-0.25, -0.2) is 0 Å². The van der Waals surface area contributed by atoms with Crippen LogP contribution in [0, 0.1) is 6.92 Å². The predicted molar refractivity (Wildman–Crippen MR) is 113 cm³/mol. The molecule has 1 atom stereocenters. The number of benzene rings is 2. The Balaban J connectivity index is 1.72. The summed E-state index contributed by atoms with van der Waals surface area (Å²) in [6.07, 6.45) is 4.60. The van der Waals surface area contributed by atoms with Crippen molar-refractivity contribution >= 4 is 17.8 Å². The van der Waals surface area contributed by atoms with E-state index in [2.05, 4.69) is 0 Å². The zero-order valence-corrected chi connectivity index (χ0v) is 16.5. The zero-order valence-electron chi connectivity index (χ0n) is 16.5. The number of amides is 1. The Hall–Kier alpha value is -3.86. The molecule has 2 heterocycles. The van der Waals surface area contributed by atoms with Gasteiger partial charge in [-0.05, 0) is 36.3 Å². The standard InChI is InChI=1S/C25H21NO4/c1-17-9-12-19(13-10-17)23-22(21(27)14-11-18-6-3-2-4-7-18)24(28)25(29)26(23)16-20-8-5-15-30-20/h2-15,23,28H,16H2,1H3. The molecule has 5 heteroatoms. The molecule has 0 fully saturated rings. The highest BCUT2D eigenvalue weighted by Crippen LogP contribution is 2.39. The first-order chi connectivity index (χ1) is 14.5. The SMILES string of the molecule is Cc1ccc(C2C(C(=O)C=Cc3ccccc3)=C(O)C(=O)N2Cc2ccco2)cc1. The van der Waals surface area contributed by atoms with Gasteiger partial charge in [0, 0.05) is 0 Å². The first kappa shape index (κ1) is 19.5. The van der Waals surface area contributed by atoms with E-state index in [1.54, 1.807) is 18.2 Å². The monoisotopic (exact) mass is 399 g/mol. The Bertz CT molecular complexity index is 1110. The fourth-order valence-corrected chi connectivity index (χ4v) is 3.56. The highest BCUT2D eigenvalue weighted by molar-refractivity contribution is 6.14. The third kappa shape index (κ3) is 3.82. The number of aliphatic hydroxyl groups excluding tert-OH is 1. The molecule has 0 radical (unpaired) electrons. The Kier molecular flexibility index (Phi) is 5.35. The number of carbonyl (C=O) groups is 2. The van der Waals surface area contributed by atoms with Gasteiger partial charge in [0.2, 0.25) is 0 Å². The van der Waals surface area contributed by atoms with Gasteiger partial charge in [0.1, 0.15) is 5.76 Å². The van der Waals surface area contributed by atoms with Crippen molar-refractivity contribution in [3.63, 3.8) is 0 Å². The summed E-state index contributed by atoms with van der Waals surface area (Å²) in [5, 5.41) is 10.6. The molecule has 1 N–H and O–H groups in total. The average molecular weight is 399 g/mol. The van der Waals surface area contributed by atoms with Crippen molar-refractivity contribution in [1.29, 1.82) is 0 Å². The molecular formula is C25H21NO4. The van der Waals surface area contributed by atoms with E-state index in [0.717, 1.165) is 16.7 Å². The molecule has 0 spiro atoms. The molecule has 1 amide bonds. The van der Waals surface area contributed by atoms with Crippen molar-refractivity contribution in [3.8, 4) is 0 Å². The van der Waals surface area contributed by atoms with Gasteiger partial charge in [0.15, 0.2) is 11.5 Å². The minimum absolute atomic E-state index is 0.0718. The van der Waals surface area contributed by atoms with Crippen molar-refractivity contribution in [2.45, 2.75) is 19.5 Å². The van der Waals surface area contributed by atoms with Gasteiger partial charge in [0.25, 0.3) is 5.91 Å². The maximum absolute atomic E-state index is 13.1. The van der Waals surface area contributed by atoms with E-state index < -0.39 is 23.5 Å². The second kappa shape index (κ2) is 8.25. The largest absolute Gasteiger partial charge is 0.503 e. The number of carbonyl (C=O) groups excluding carboxylic acids is 2. The van der Waals surface area contributed by atoms with Gasteiger partial charge in [-0.3, -0.25) is 9.59 Å². The van der Waals surface area contributed by atoms with E-state index in [-0.39, 0.29) is 12.1 Å². The molecule has 1 aliphatic rings. The highest BCUT2D eigenvalue weighted by Gasteiger charge is 2.43. The molecule has 0 saturated heterocycles. The van der Waals surface area contributed by atoms with Crippen LogP contribution in [0.1, 0.15) is 28.5 Å². The maximum Gasteiger partial charge on any atom is 0.290 e. The number of aliphatic hydroxyl groups is 1. The van der Waals surface area contributed by atoms with Crippen molar-refractivity contribution in [2.24, 2.45) is 0 Å². The lowest BCUT2D eigenvalue weighted by Crippen LogP contribution is -2.30. The predicted octanol–water partition coefficient (Wildman–Crippen LogP) is 4.77. The highest BCUT2D eigenvalue weighted by atomic mass is 16.3. The van der Waals surface area contributed by atoms with Crippen LogP contribution in [0.25, 0.3) is 6.08 Å². The molecule has 1 aromatic heterocycles. The summed E-state index contributed by atoms with van der Waals surface area (Å²) in [7, 11) is 0. The molecule has 2 aromatic carbocycles. The van der Waals surface area contributed by atoms with E-state index in [1.807, 2.05) is 61.5 Å². The third-order valence-electron chi connectivity index (χ3n) is 5.10. The fraction of sp³-hybridized carbons (Fsp3) is 0.120. The van der Waals surface area contributed by atoms with E-state index in [0.29, 0.717) is 5.76 Å². The molecule has 1 unspecified atom stereocenters. The van der Waals surface area contributed by atoms with Gasteiger partial charge >= 0.3 is 0 Å². The zero-order chi connectivity index (χ0) is 21.1. The summed E-state index contributed by atoms with van der Waals surface area (Å²) in [5.74, 6) is -0.942. The molecule has 1 aliphatic heterocycles. The van der Waals surface area contributed by atoms with Crippen LogP contribution in [0.2, 0.25) is 0 Å². The molecule has 3 aromatic rings. The summed E-state index contributed by atoms with van der Waals surface area (Å²) in [4.78, 5) is 27.4. The Morgan fingerprint density at radius 2 is 1.80 bits per heavy atom. The van der Waals surface area contributed by atoms with E-state index in [1.165, 1.54) is 17.2 Å². The van der Waals surface area contributed by atoms with Gasteiger partial charge in [-0.2, -0.15) is 0 Å². The summed E-state index contributed by atoms with van der Waals surface area (Å²) < 4.78 is 5.39. The van der Waals surface area contributed by atoms with Gasteiger partial charge in [-0.1, -0.05) is 66.2 Å². The average Bonchev–Trinajstić information content (AvgIpc) is 3.36. The lowest BCUT2D eigenvalue weighted by molar-refractivity contribution is -0.130. The summed E-state index contributed by atoms with van der Waals surface area (Å²) in [6, 6.07) is 19.8. The van der Waals surface area contributed by atoms with Crippen LogP contribution in [-0.2, 0) is 16.1 Å². The summed E-state index contributed by atoms with van der Waals surface area (Å²) in [6.45, 7) is 2.11. The Morgan fingerprint density at radius 1 is 1.07 bits per heavy atom. The maximum atomic E-state index is 13.1. The Labute approximate surface area is 174 Å². The number of nitrogens with zero attached hydrogens (tertiary/aromatic N) is 1. The van der Waals surface area contributed by atoms with Gasteiger partial charge < -0.3 is 14.4 Å². The minimum Gasteiger partial charge on any atom is -0.503 e. The second-order valence-electron chi connectivity index (χ2n) is 7.20. The third-order valence-corrected chi connectivity index (χ3v) is 5.10. The fourth-order valence-electron chi connectivity index (χ4n) is 3.56. The van der Waals surface area contributed by atoms with Crippen LogP contribution < -0.4 is 0 Å². The molecule has 150 valence electrons. The minimum atomic E-state index is -0.698. The molecule has 4 rings (SSSR count). The van der Waals surface area contributed by atoms with E-state index in [9.17, 15) is 14.7 Å². The van der Waals surface area contributed by atoms with Crippen LogP contribution in [-0.4, -0.2) is 21.7 Å². The van der Waals surface area contributed by atoms with Crippen LogP contribution in [0.4, 0.5) is 0 Å². The number of allylic oxidation sites excluding steroid dienone is 1. The van der Waals surface area contributed by atoms with E-state index >= 15 is 0 Å². The number of ketones is 1. The quantitative estimate of drug-likeness (QED) is 0.607. The van der Waals surface area contributed by atoms with Crippen LogP contribution in [0.15, 0.2) is 94.8 Å². The number of hydrogen-bond acceptors (Lipinski definition) is 4. The van der Waals surface area contributed by atoms with Crippen molar-refractivity contribution in [1.82, 2.24) is 4.90 Å². The smallest absolute Gasteiger partial charge is 0.290 e. The van der Waals surface area contributed by atoms with Crippen molar-refractivity contribution in [3.05, 3.63) is 113 Å². The van der Waals surface area contributed by atoms with Crippen molar-refractivity contribution in [2.75, 3.05) is 0 Å². The summed E-state index contributed by atoms with van der Waals surface area (Å²) in [5.41, 5.74) is 2.74. The normalized spacial score (nSPS) is 16.6. The van der Waals surface area contributed by atoms with Crippen LogP contribution >= 0.6 is 0 Å². The van der Waals surface area contributed by atoms with E-state index in [4.69, 9.17) is 4.42 Å². The number of hydrogen-bond donors (Lipinski definition) is 1. The molecule has 0 bridgehead atoms. The lowest BCUT2D eigenvalue weighted by Gasteiger charge is -2.26. The lowest BCUT2D eigenvalue weighted by atomic mass is 9.95. The first-order valence-corrected chi connectivity index (χ1v) is 9.65. The van der Waals surface area contributed by atoms with Crippen LogP contribution in [0.3, 0.4) is 0 Å². The number of furan rings is 1. The molecular weight excluding hydrogens is 378 g/mol. The molecule has 0 aliphatic carbocycles. The topological polar surface area (TPSA) is 70.8 Å². The molecule has 30 heavy (non-hydrogen) atoms. The van der Waals surface area contributed by atoms with Gasteiger partial charge in [0.05, 0.1) is 24.4 Å². The molecule has 0 saturated carbocycles. The number of rotatable bonds is 6. The van der Waals surface area contributed by atoms with Gasteiger partial charge in [-0.15, -0.1) is 0 Å². The number of aryl methyl sites for hydroxylation is 1. The van der Waals surface area contributed by atoms with Crippen LogP contribution in [0.5, 0.6) is 0 Å². The first-order valence-electron chi connectivity index (χ1n) is 9.65. The second-order valence-corrected chi connectivity index (χ2v) is 7.20. The summed E-state index contributed by atoms with van der Waals surface area (Å²) >= 11 is 0. The Morgan fingerprint density at radius 3 is 2.47 bits per heavy atom. The molecule has 5 nitrogen and oxygen atoms in total.